The summed E-state index contributed by atoms with van der Waals surface area (Å²) >= 11 is 0. The Labute approximate surface area is 181 Å². The molecule has 0 unspecified atom stereocenters. The van der Waals surface area contributed by atoms with Gasteiger partial charge in [0.2, 0.25) is 0 Å². The molecule has 6 heteroatoms. The Balaban J connectivity index is 1.43. The molecule has 0 aliphatic heterocycles. The molecule has 0 atom stereocenters. The van der Waals surface area contributed by atoms with E-state index < -0.39 is 0 Å². The number of carbonyl (C=O) groups is 2. The van der Waals surface area contributed by atoms with Crippen LogP contribution in [0.5, 0.6) is 5.75 Å². The van der Waals surface area contributed by atoms with E-state index >= 15 is 0 Å². The van der Waals surface area contributed by atoms with Crippen molar-refractivity contribution in [3.05, 3.63) is 88.7 Å². The average Bonchev–Trinajstić information content (AvgIpc) is 3.59. The maximum Gasteiger partial charge on any atom is 0.255 e. The second-order valence-electron chi connectivity index (χ2n) is 7.82. The molecule has 4 rings (SSSR count). The highest BCUT2D eigenvalue weighted by atomic mass is 16.5. The van der Waals surface area contributed by atoms with E-state index in [0.29, 0.717) is 29.2 Å². The van der Waals surface area contributed by atoms with Gasteiger partial charge >= 0.3 is 0 Å². The molecule has 2 amide bonds. The molecule has 0 bridgehead atoms. The standard InChI is InChI=1S/C25H25N3O3/c1-16-6-7-19(24(29)27-20-9-10-20)14-22(16)28-25(30)18-8-11-23(17(2)13-18)31-15-21-5-3-4-12-26-21/h3-8,11-14,20H,9-10,15H2,1-2H3,(H,27,29)(H,28,30). The zero-order valence-electron chi connectivity index (χ0n) is 17.6. The fraction of sp³-hybridized carbons (Fsp3) is 0.240. The van der Waals surface area contributed by atoms with Gasteiger partial charge in [0, 0.05) is 29.1 Å². The summed E-state index contributed by atoms with van der Waals surface area (Å²) in [4.78, 5) is 29.4. The minimum absolute atomic E-state index is 0.108. The van der Waals surface area contributed by atoms with Crippen LogP contribution >= 0.6 is 0 Å². The summed E-state index contributed by atoms with van der Waals surface area (Å²) in [7, 11) is 0. The van der Waals surface area contributed by atoms with Crippen molar-refractivity contribution in [2.75, 3.05) is 5.32 Å². The third-order valence-corrected chi connectivity index (χ3v) is 5.20. The fourth-order valence-corrected chi connectivity index (χ4v) is 3.18. The van der Waals surface area contributed by atoms with E-state index in [1.807, 2.05) is 38.1 Å². The van der Waals surface area contributed by atoms with Crippen LogP contribution in [0.2, 0.25) is 0 Å². The molecule has 31 heavy (non-hydrogen) atoms. The smallest absolute Gasteiger partial charge is 0.255 e. The van der Waals surface area contributed by atoms with E-state index in [0.717, 1.165) is 29.7 Å². The van der Waals surface area contributed by atoms with Crippen LogP contribution in [0, 0.1) is 13.8 Å². The maximum atomic E-state index is 12.8. The first-order chi connectivity index (χ1) is 15.0. The van der Waals surface area contributed by atoms with Crippen LogP contribution in [0.25, 0.3) is 0 Å². The predicted octanol–water partition coefficient (Wildman–Crippen LogP) is 4.42. The van der Waals surface area contributed by atoms with Gasteiger partial charge in [-0.15, -0.1) is 0 Å². The number of hydrogen-bond acceptors (Lipinski definition) is 4. The summed E-state index contributed by atoms with van der Waals surface area (Å²) in [5.74, 6) is 0.364. The van der Waals surface area contributed by atoms with Crippen LogP contribution in [0.15, 0.2) is 60.8 Å². The zero-order chi connectivity index (χ0) is 21.8. The Hall–Kier alpha value is -3.67. The van der Waals surface area contributed by atoms with E-state index in [9.17, 15) is 9.59 Å². The SMILES string of the molecule is Cc1ccc(C(=O)NC2CC2)cc1NC(=O)c1ccc(OCc2ccccn2)c(C)c1. The fourth-order valence-electron chi connectivity index (χ4n) is 3.18. The van der Waals surface area contributed by atoms with Crippen LogP contribution in [0.4, 0.5) is 5.69 Å². The third-order valence-electron chi connectivity index (χ3n) is 5.20. The molecule has 1 fully saturated rings. The topological polar surface area (TPSA) is 80.3 Å². The first-order valence-corrected chi connectivity index (χ1v) is 10.4. The lowest BCUT2D eigenvalue weighted by Gasteiger charge is -2.13. The summed E-state index contributed by atoms with van der Waals surface area (Å²) < 4.78 is 5.84. The monoisotopic (exact) mass is 415 g/mol. The number of amides is 2. The van der Waals surface area contributed by atoms with Gasteiger partial charge in [-0.3, -0.25) is 14.6 Å². The van der Waals surface area contributed by atoms with E-state index in [4.69, 9.17) is 4.74 Å². The van der Waals surface area contributed by atoms with Crippen LogP contribution in [-0.2, 0) is 6.61 Å². The lowest BCUT2D eigenvalue weighted by Crippen LogP contribution is -2.25. The second kappa shape index (κ2) is 9.00. The minimum atomic E-state index is -0.234. The molecule has 0 saturated heterocycles. The first-order valence-electron chi connectivity index (χ1n) is 10.4. The molecule has 1 aliphatic carbocycles. The minimum Gasteiger partial charge on any atom is -0.487 e. The average molecular weight is 415 g/mol. The summed E-state index contributed by atoms with van der Waals surface area (Å²) in [5.41, 5.74) is 4.28. The largest absolute Gasteiger partial charge is 0.487 e. The highest BCUT2D eigenvalue weighted by Crippen LogP contribution is 2.23. The van der Waals surface area contributed by atoms with Crippen molar-refractivity contribution < 1.29 is 14.3 Å². The maximum absolute atomic E-state index is 12.8. The number of nitrogens with zero attached hydrogens (tertiary/aromatic N) is 1. The quantitative estimate of drug-likeness (QED) is 0.599. The Kier molecular flexibility index (Phi) is 5.98. The molecular weight excluding hydrogens is 390 g/mol. The molecule has 1 heterocycles. The number of pyridine rings is 1. The number of rotatable bonds is 7. The van der Waals surface area contributed by atoms with Gasteiger partial charge in [0.1, 0.15) is 12.4 Å². The zero-order valence-corrected chi connectivity index (χ0v) is 17.6. The van der Waals surface area contributed by atoms with Gasteiger partial charge in [0.15, 0.2) is 0 Å². The highest BCUT2D eigenvalue weighted by molar-refractivity contribution is 6.05. The van der Waals surface area contributed by atoms with Crippen molar-refractivity contribution in [3.63, 3.8) is 0 Å². The van der Waals surface area contributed by atoms with Gasteiger partial charge in [-0.1, -0.05) is 12.1 Å². The molecule has 6 nitrogen and oxygen atoms in total. The Bertz CT molecular complexity index is 1110. The number of nitrogens with one attached hydrogen (secondary N) is 2. The summed E-state index contributed by atoms with van der Waals surface area (Å²) in [6, 6.07) is 16.6. The summed E-state index contributed by atoms with van der Waals surface area (Å²) in [5, 5.41) is 5.89. The van der Waals surface area contributed by atoms with Crippen molar-refractivity contribution >= 4 is 17.5 Å². The lowest BCUT2D eigenvalue weighted by molar-refractivity contribution is 0.0949. The number of aromatic nitrogens is 1. The Morgan fingerprint density at radius 1 is 0.968 bits per heavy atom. The van der Waals surface area contributed by atoms with Gasteiger partial charge in [0.25, 0.3) is 11.8 Å². The molecule has 1 saturated carbocycles. The van der Waals surface area contributed by atoms with E-state index in [1.54, 1.807) is 36.5 Å². The summed E-state index contributed by atoms with van der Waals surface area (Å²) in [6.45, 7) is 4.17. The first kappa shape index (κ1) is 20.6. The summed E-state index contributed by atoms with van der Waals surface area (Å²) in [6.07, 6.45) is 3.79. The molecular formula is C25H25N3O3. The molecule has 3 aromatic rings. The molecule has 2 N–H and O–H groups in total. The number of carbonyl (C=O) groups excluding carboxylic acids is 2. The number of aryl methyl sites for hydroxylation is 2. The van der Waals surface area contributed by atoms with Crippen LogP contribution in [0.3, 0.4) is 0 Å². The van der Waals surface area contributed by atoms with E-state index in [2.05, 4.69) is 15.6 Å². The number of hydrogen-bond donors (Lipinski definition) is 2. The van der Waals surface area contributed by atoms with Crippen molar-refractivity contribution in [2.24, 2.45) is 0 Å². The molecule has 1 aliphatic rings. The lowest BCUT2D eigenvalue weighted by atomic mass is 10.1. The van der Waals surface area contributed by atoms with Gasteiger partial charge < -0.3 is 15.4 Å². The van der Waals surface area contributed by atoms with E-state index in [-0.39, 0.29) is 17.9 Å². The van der Waals surface area contributed by atoms with Crippen LogP contribution in [0.1, 0.15) is 50.4 Å². The number of ether oxygens (including phenoxy) is 1. The molecule has 0 radical (unpaired) electrons. The van der Waals surface area contributed by atoms with Crippen LogP contribution < -0.4 is 15.4 Å². The van der Waals surface area contributed by atoms with Crippen molar-refractivity contribution in [1.29, 1.82) is 0 Å². The van der Waals surface area contributed by atoms with Crippen molar-refractivity contribution in [3.8, 4) is 5.75 Å². The number of benzene rings is 2. The van der Waals surface area contributed by atoms with Gasteiger partial charge in [0.05, 0.1) is 5.69 Å². The second-order valence-corrected chi connectivity index (χ2v) is 7.82. The normalized spacial score (nSPS) is 12.8. The number of anilines is 1. The van der Waals surface area contributed by atoms with Crippen molar-refractivity contribution in [1.82, 2.24) is 10.3 Å². The Morgan fingerprint density at radius 2 is 1.74 bits per heavy atom. The van der Waals surface area contributed by atoms with Crippen LogP contribution in [-0.4, -0.2) is 22.8 Å². The van der Waals surface area contributed by atoms with Gasteiger partial charge in [-0.25, -0.2) is 0 Å². The predicted molar refractivity (Wildman–Crippen MR) is 119 cm³/mol. The molecule has 2 aromatic carbocycles. The highest BCUT2D eigenvalue weighted by Gasteiger charge is 2.24. The van der Waals surface area contributed by atoms with Crippen molar-refractivity contribution in [2.45, 2.75) is 39.3 Å². The van der Waals surface area contributed by atoms with E-state index in [1.165, 1.54) is 0 Å². The van der Waals surface area contributed by atoms with Gasteiger partial charge in [-0.05, 0) is 80.3 Å². The molecule has 0 spiro atoms. The van der Waals surface area contributed by atoms with Gasteiger partial charge in [-0.2, -0.15) is 0 Å². The molecule has 1 aromatic heterocycles. The molecule has 158 valence electrons. The third kappa shape index (κ3) is 5.28. The Morgan fingerprint density at radius 3 is 2.45 bits per heavy atom.